The van der Waals surface area contributed by atoms with Crippen molar-refractivity contribution in [2.24, 2.45) is 10.2 Å². The Morgan fingerprint density at radius 2 is 0.921 bits per heavy atom. The molecule has 8 heteroatoms. The molecule has 0 fully saturated rings. The molecule has 2 aromatic carbocycles. The molecule has 0 aromatic heterocycles. The van der Waals surface area contributed by atoms with Crippen molar-refractivity contribution >= 4 is 23.5 Å². The number of urea groups is 2. The summed E-state index contributed by atoms with van der Waals surface area (Å²) in [5, 5.41) is 14.6. The highest BCUT2D eigenvalue weighted by molar-refractivity contribution is 5.87. The van der Waals surface area contributed by atoms with E-state index in [1.54, 1.807) is 0 Å². The number of nitrogens with zero attached hydrogens (tertiary/aromatic N) is 2. The third kappa shape index (κ3) is 8.16. The maximum Gasteiger partial charge on any atom is 0.335 e. The molecule has 2 aromatic rings. The van der Waals surface area contributed by atoms with E-state index >= 15 is 0 Å². The van der Waals surface area contributed by atoms with Crippen molar-refractivity contribution in [1.29, 1.82) is 0 Å². The van der Waals surface area contributed by atoms with Crippen LogP contribution in [-0.4, -0.2) is 23.5 Å². The van der Waals surface area contributed by atoms with Gasteiger partial charge in [0, 0.05) is 24.3 Å². The zero-order valence-corrected chi connectivity index (χ0v) is 23.9. The summed E-state index contributed by atoms with van der Waals surface area (Å²) >= 11 is 0. The summed E-state index contributed by atoms with van der Waals surface area (Å²) in [5.41, 5.74) is 10.9. The van der Waals surface area contributed by atoms with Crippen LogP contribution in [0.1, 0.15) is 103 Å². The minimum absolute atomic E-state index is 0.0278. The maximum absolute atomic E-state index is 12.8. The van der Waals surface area contributed by atoms with Crippen molar-refractivity contribution in [3.05, 3.63) is 70.8 Å². The average molecular weight is 519 g/mol. The molecule has 0 aliphatic carbocycles. The summed E-state index contributed by atoms with van der Waals surface area (Å²) in [6, 6.07) is 14.9. The predicted octanol–water partition coefficient (Wildman–Crippen LogP) is 6.21. The van der Waals surface area contributed by atoms with Crippen LogP contribution >= 0.6 is 0 Å². The van der Waals surface area contributed by atoms with Crippen molar-refractivity contribution < 1.29 is 9.59 Å². The van der Waals surface area contributed by atoms with Crippen LogP contribution in [-0.2, 0) is 10.8 Å². The van der Waals surface area contributed by atoms with E-state index < -0.39 is 12.1 Å². The lowest BCUT2D eigenvalue weighted by atomic mass is 9.86. The fourth-order valence-corrected chi connectivity index (χ4v) is 4.29. The summed E-state index contributed by atoms with van der Waals surface area (Å²) in [6.45, 7) is 16.6. The lowest BCUT2D eigenvalue weighted by Crippen LogP contribution is -2.39. The Bertz CT molecular complexity index is 1090. The summed E-state index contributed by atoms with van der Waals surface area (Å²) in [5.74, 6) is 0. The lowest BCUT2D eigenvalue weighted by Gasteiger charge is -2.24. The number of nitrogens with one attached hydrogen (secondary N) is 4. The zero-order chi connectivity index (χ0) is 28.1. The van der Waals surface area contributed by atoms with Crippen molar-refractivity contribution in [2.75, 3.05) is 0 Å². The van der Waals surface area contributed by atoms with Crippen molar-refractivity contribution in [1.82, 2.24) is 21.5 Å². The number of carbonyl (C=O) groups is 2. The van der Waals surface area contributed by atoms with Gasteiger partial charge in [0.25, 0.3) is 0 Å². The second kappa shape index (κ2) is 11.8. The fraction of sp³-hybridized carbons (Fsp3) is 0.467. The van der Waals surface area contributed by atoms with Crippen LogP contribution in [0, 0.1) is 0 Å². The molecule has 1 aliphatic rings. The molecule has 38 heavy (non-hydrogen) atoms. The average Bonchev–Trinajstić information content (AvgIpc) is 2.84. The summed E-state index contributed by atoms with van der Waals surface area (Å²) in [4.78, 5) is 25.6. The highest BCUT2D eigenvalue weighted by atomic mass is 16.2. The van der Waals surface area contributed by atoms with E-state index in [9.17, 15) is 9.59 Å². The first-order valence-corrected chi connectivity index (χ1v) is 13.1. The van der Waals surface area contributed by atoms with Crippen LogP contribution in [0.4, 0.5) is 9.59 Å². The molecule has 1 aliphatic heterocycles. The first kappa shape index (κ1) is 28.9. The molecule has 4 amide bonds. The first-order valence-electron chi connectivity index (χ1n) is 13.1. The Kier molecular flexibility index (Phi) is 8.97. The van der Waals surface area contributed by atoms with Crippen molar-refractivity contribution in [2.45, 2.75) is 91.1 Å². The standard InChI is InChI=1S/C30H42N6O2/c1-19-17-25(21-9-13-23(14-10-21)29(3,4)5)31-28(38)36-34-20(2)18-26(32-27(37)35-33-19)22-11-15-24(16-12-22)30(6,7)8/h9-16,25-26H,17-18H2,1-8H3,(H2,32,35,37)(H2,31,36,38)/b33-19+,34-20+. The third-order valence-electron chi connectivity index (χ3n) is 6.66. The number of carbonyl (C=O) groups excluding carboxylic acids is 2. The van der Waals surface area contributed by atoms with Crippen LogP contribution in [0.15, 0.2) is 58.7 Å². The lowest BCUT2D eigenvalue weighted by molar-refractivity contribution is 0.235. The summed E-state index contributed by atoms with van der Waals surface area (Å²) < 4.78 is 0. The normalized spacial score (nSPS) is 22.8. The van der Waals surface area contributed by atoms with Crippen LogP contribution in [0.25, 0.3) is 0 Å². The van der Waals surface area contributed by atoms with Gasteiger partial charge < -0.3 is 10.6 Å². The zero-order valence-electron chi connectivity index (χ0n) is 23.9. The minimum Gasteiger partial charge on any atom is -0.329 e. The minimum atomic E-state index is -0.401. The Morgan fingerprint density at radius 1 is 0.605 bits per heavy atom. The van der Waals surface area contributed by atoms with Crippen LogP contribution in [0.3, 0.4) is 0 Å². The van der Waals surface area contributed by atoms with Crippen LogP contribution in [0.2, 0.25) is 0 Å². The topological polar surface area (TPSA) is 107 Å². The molecule has 2 atom stereocenters. The van der Waals surface area contributed by atoms with Gasteiger partial charge in [-0.2, -0.15) is 10.2 Å². The van der Waals surface area contributed by atoms with Crippen LogP contribution in [0.5, 0.6) is 0 Å². The van der Waals surface area contributed by atoms with E-state index in [0.717, 1.165) is 11.1 Å². The summed E-state index contributed by atoms with van der Waals surface area (Å²) in [6.07, 6.45) is 0.839. The van der Waals surface area contributed by atoms with Gasteiger partial charge >= 0.3 is 12.1 Å². The van der Waals surface area contributed by atoms with E-state index in [0.29, 0.717) is 24.3 Å². The smallest absolute Gasteiger partial charge is 0.329 e. The Hall–Kier alpha value is -3.68. The first-order chi connectivity index (χ1) is 17.7. The Labute approximate surface area is 226 Å². The van der Waals surface area contributed by atoms with Crippen LogP contribution < -0.4 is 21.5 Å². The molecule has 0 saturated heterocycles. The monoisotopic (exact) mass is 518 g/mol. The molecule has 0 saturated carbocycles. The highest BCUT2D eigenvalue weighted by Crippen LogP contribution is 2.27. The van der Waals surface area contributed by atoms with E-state index in [1.807, 2.05) is 38.1 Å². The molecule has 3 rings (SSSR count). The molecule has 8 nitrogen and oxygen atoms in total. The van der Waals surface area contributed by atoms with Gasteiger partial charge in [-0.15, -0.1) is 0 Å². The number of benzene rings is 2. The van der Waals surface area contributed by atoms with E-state index in [-0.39, 0.29) is 22.9 Å². The molecule has 2 unspecified atom stereocenters. The second-order valence-corrected chi connectivity index (χ2v) is 12.1. The third-order valence-corrected chi connectivity index (χ3v) is 6.66. The van der Waals surface area contributed by atoms with Crippen molar-refractivity contribution in [3.8, 4) is 0 Å². The number of hydrogen-bond acceptors (Lipinski definition) is 4. The molecule has 0 radical (unpaired) electrons. The van der Waals surface area contributed by atoms with Gasteiger partial charge in [-0.3, -0.25) is 0 Å². The van der Waals surface area contributed by atoms with Gasteiger partial charge in [0.1, 0.15) is 0 Å². The highest BCUT2D eigenvalue weighted by Gasteiger charge is 2.21. The molecular weight excluding hydrogens is 476 g/mol. The Balaban J connectivity index is 1.84. The molecule has 0 spiro atoms. The van der Waals surface area contributed by atoms with E-state index in [2.05, 4.69) is 97.5 Å². The molecule has 204 valence electrons. The number of amides is 4. The quantitative estimate of drug-likeness (QED) is 0.379. The molecular formula is C30H42N6O2. The SMILES string of the molecule is C/C1=N\NC(=O)NC(c2ccc(C(C)(C)C)cc2)C/C(C)=N/NC(=O)NC(c2ccc(C(C)(C)C)cc2)C1. The summed E-state index contributed by atoms with van der Waals surface area (Å²) in [7, 11) is 0. The Morgan fingerprint density at radius 3 is 1.21 bits per heavy atom. The number of hydrazone groups is 2. The van der Waals surface area contributed by atoms with Gasteiger partial charge in [-0.05, 0) is 46.9 Å². The fourth-order valence-electron chi connectivity index (χ4n) is 4.29. The van der Waals surface area contributed by atoms with E-state index in [1.165, 1.54) is 11.1 Å². The number of rotatable bonds is 2. The molecule has 0 bridgehead atoms. The van der Waals surface area contributed by atoms with E-state index in [4.69, 9.17) is 0 Å². The van der Waals surface area contributed by atoms with Gasteiger partial charge in [-0.25, -0.2) is 20.4 Å². The van der Waals surface area contributed by atoms with Gasteiger partial charge in [0.05, 0.1) is 12.1 Å². The maximum atomic E-state index is 12.8. The van der Waals surface area contributed by atoms with Gasteiger partial charge in [0.2, 0.25) is 0 Å². The second-order valence-electron chi connectivity index (χ2n) is 12.1. The van der Waals surface area contributed by atoms with Gasteiger partial charge in [-0.1, -0.05) is 90.1 Å². The van der Waals surface area contributed by atoms with Crippen molar-refractivity contribution in [3.63, 3.8) is 0 Å². The largest absolute Gasteiger partial charge is 0.335 e. The predicted molar refractivity (Wildman–Crippen MR) is 155 cm³/mol. The molecule has 1 heterocycles. The number of hydrogen-bond donors (Lipinski definition) is 4. The van der Waals surface area contributed by atoms with Gasteiger partial charge in [0.15, 0.2) is 0 Å². The molecule has 4 N–H and O–H groups in total.